The highest BCUT2D eigenvalue weighted by Crippen LogP contribution is 2.17. The van der Waals surface area contributed by atoms with E-state index < -0.39 is 0 Å². The van der Waals surface area contributed by atoms with E-state index >= 15 is 0 Å². The predicted molar refractivity (Wildman–Crippen MR) is 73.9 cm³/mol. The summed E-state index contributed by atoms with van der Waals surface area (Å²) in [5, 5.41) is 3.29. The lowest BCUT2D eigenvalue weighted by molar-refractivity contribution is 0.0744. The number of nitrogens with one attached hydrogen (secondary N) is 1. The third-order valence-electron chi connectivity index (χ3n) is 3.73. The molecule has 1 aromatic rings. The van der Waals surface area contributed by atoms with E-state index in [9.17, 15) is 4.79 Å². The number of rotatable bonds is 3. The van der Waals surface area contributed by atoms with Crippen LogP contribution in [0.25, 0.3) is 0 Å². The van der Waals surface area contributed by atoms with Crippen LogP contribution in [-0.2, 0) is 0 Å². The first-order valence-electron chi connectivity index (χ1n) is 6.67. The number of likely N-dealkylation sites (N-methyl/N-ethyl adjacent to an activating group) is 1. The van der Waals surface area contributed by atoms with Crippen LogP contribution in [-0.4, -0.2) is 37.0 Å². The minimum Gasteiger partial charge on any atom is -0.337 e. The van der Waals surface area contributed by atoms with Crippen molar-refractivity contribution < 1.29 is 4.79 Å². The summed E-state index contributed by atoms with van der Waals surface area (Å²) in [4.78, 5) is 14.2. The number of hydrogen-bond acceptors (Lipinski definition) is 2. The average Bonchev–Trinajstić information content (AvgIpc) is 2.91. The van der Waals surface area contributed by atoms with E-state index in [0.717, 1.165) is 25.1 Å². The fourth-order valence-electron chi connectivity index (χ4n) is 2.35. The molecule has 1 fully saturated rings. The molecule has 3 heteroatoms. The summed E-state index contributed by atoms with van der Waals surface area (Å²) in [5.74, 6) is 0.630. The van der Waals surface area contributed by atoms with Crippen LogP contribution in [0.15, 0.2) is 24.3 Å². The first kappa shape index (κ1) is 13.1. The molecule has 0 radical (unpaired) electrons. The fourth-order valence-corrected chi connectivity index (χ4v) is 2.35. The molecule has 3 nitrogen and oxygen atoms in total. The van der Waals surface area contributed by atoms with Gasteiger partial charge in [0, 0.05) is 25.2 Å². The topological polar surface area (TPSA) is 32.3 Å². The van der Waals surface area contributed by atoms with E-state index in [1.54, 1.807) is 0 Å². The van der Waals surface area contributed by atoms with Gasteiger partial charge in [-0.25, -0.2) is 0 Å². The monoisotopic (exact) mass is 246 g/mol. The number of amides is 1. The normalized spacial score (nSPS) is 19.2. The molecule has 0 saturated carbocycles. The highest BCUT2D eigenvalue weighted by molar-refractivity contribution is 5.94. The maximum absolute atomic E-state index is 12.3. The van der Waals surface area contributed by atoms with Gasteiger partial charge in [0.1, 0.15) is 0 Å². The van der Waals surface area contributed by atoms with E-state index in [-0.39, 0.29) is 5.91 Å². The molecule has 1 amide bonds. The molecule has 1 aliphatic heterocycles. The fraction of sp³-hybridized carbons (Fsp3) is 0.533. The molecule has 1 aliphatic rings. The molecule has 1 saturated heterocycles. The standard InChI is InChI=1S/C15H22N2O/c1-11(2)12-4-6-13(7-5-12)15(18)17(3)14-8-9-16-10-14/h4-7,11,14,16H,8-10H2,1-3H3/t14-/m1/s1. The molecule has 0 aliphatic carbocycles. The Bertz CT molecular complexity index is 405. The van der Waals surface area contributed by atoms with Crippen molar-refractivity contribution in [3.63, 3.8) is 0 Å². The van der Waals surface area contributed by atoms with Crippen LogP contribution < -0.4 is 5.32 Å². The lowest BCUT2D eigenvalue weighted by Crippen LogP contribution is -2.38. The molecule has 2 rings (SSSR count). The smallest absolute Gasteiger partial charge is 0.253 e. The Balaban J connectivity index is 2.08. The summed E-state index contributed by atoms with van der Waals surface area (Å²) in [7, 11) is 1.90. The van der Waals surface area contributed by atoms with Crippen LogP contribution in [0, 0.1) is 0 Å². The van der Waals surface area contributed by atoms with E-state index in [1.165, 1.54) is 5.56 Å². The summed E-state index contributed by atoms with van der Waals surface area (Å²) in [6, 6.07) is 8.33. The largest absolute Gasteiger partial charge is 0.337 e. The van der Waals surface area contributed by atoms with Gasteiger partial charge in [0.2, 0.25) is 0 Å². The first-order chi connectivity index (χ1) is 8.59. The van der Waals surface area contributed by atoms with Crippen molar-refractivity contribution in [2.75, 3.05) is 20.1 Å². The summed E-state index contributed by atoms with van der Waals surface area (Å²) in [5.41, 5.74) is 2.06. The van der Waals surface area contributed by atoms with Crippen molar-refractivity contribution in [3.8, 4) is 0 Å². The molecule has 98 valence electrons. The number of nitrogens with zero attached hydrogens (tertiary/aromatic N) is 1. The van der Waals surface area contributed by atoms with E-state index in [4.69, 9.17) is 0 Å². The van der Waals surface area contributed by atoms with Gasteiger partial charge in [-0.15, -0.1) is 0 Å². The Morgan fingerprint density at radius 2 is 2.00 bits per heavy atom. The zero-order chi connectivity index (χ0) is 13.1. The first-order valence-corrected chi connectivity index (χ1v) is 6.67. The van der Waals surface area contributed by atoms with E-state index in [1.807, 2.05) is 24.1 Å². The average molecular weight is 246 g/mol. The van der Waals surface area contributed by atoms with Gasteiger partial charge in [-0.2, -0.15) is 0 Å². The lowest BCUT2D eigenvalue weighted by Gasteiger charge is -2.24. The summed E-state index contributed by atoms with van der Waals surface area (Å²) < 4.78 is 0. The summed E-state index contributed by atoms with van der Waals surface area (Å²) in [6.07, 6.45) is 1.05. The van der Waals surface area contributed by atoms with Gasteiger partial charge in [-0.1, -0.05) is 26.0 Å². The molecule has 1 aromatic carbocycles. The van der Waals surface area contributed by atoms with Gasteiger partial charge in [0.15, 0.2) is 0 Å². The Labute approximate surface area is 109 Å². The van der Waals surface area contributed by atoms with Crippen LogP contribution in [0.3, 0.4) is 0 Å². The van der Waals surface area contributed by atoms with Crippen LogP contribution in [0.5, 0.6) is 0 Å². The van der Waals surface area contributed by atoms with Crippen LogP contribution in [0.2, 0.25) is 0 Å². The van der Waals surface area contributed by atoms with Crippen LogP contribution in [0.1, 0.15) is 42.1 Å². The van der Waals surface area contributed by atoms with Gasteiger partial charge < -0.3 is 10.2 Å². The van der Waals surface area contributed by atoms with Gasteiger partial charge in [0.05, 0.1) is 0 Å². The molecule has 0 unspecified atom stereocenters. The summed E-state index contributed by atoms with van der Waals surface area (Å²) >= 11 is 0. The summed E-state index contributed by atoms with van der Waals surface area (Å²) in [6.45, 7) is 6.24. The minimum absolute atomic E-state index is 0.124. The minimum atomic E-state index is 0.124. The Morgan fingerprint density at radius 3 is 2.50 bits per heavy atom. The van der Waals surface area contributed by atoms with Crippen molar-refractivity contribution in [1.29, 1.82) is 0 Å². The van der Waals surface area contributed by atoms with Gasteiger partial charge in [-0.05, 0) is 36.6 Å². The zero-order valence-electron chi connectivity index (χ0n) is 11.4. The van der Waals surface area contributed by atoms with E-state index in [0.29, 0.717) is 12.0 Å². The van der Waals surface area contributed by atoms with Crippen molar-refractivity contribution >= 4 is 5.91 Å². The van der Waals surface area contributed by atoms with Crippen molar-refractivity contribution in [2.45, 2.75) is 32.2 Å². The number of carbonyl (C=O) groups excluding carboxylic acids is 1. The third kappa shape index (κ3) is 2.72. The molecule has 1 atom stereocenters. The molecule has 1 N–H and O–H groups in total. The Kier molecular flexibility index (Phi) is 4.02. The van der Waals surface area contributed by atoms with Crippen molar-refractivity contribution in [1.82, 2.24) is 10.2 Å². The number of hydrogen-bond donors (Lipinski definition) is 1. The third-order valence-corrected chi connectivity index (χ3v) is 3.73. The van der Waals surface area contributed by atoms with Crippen LogP contribution >= 0.6 is 0 Å². The number of carbonyl (C=O) groups is 1. The predicted octanol–water partition coefficient (Wildman–Crippen LogP) is 2.24. The highest BCUT2D eigenvalue weighted by atomic mass is 16.2. The van der Waals surface area contributed by atoms with Gasteiger partial charge in [-0.3, -0.25) is 4.79 Å². The van der Waals surface area contributed by atoms with Crippen LogP contribution in [0.4, 0.5) is 0 Å². The Hall–Kier alpha value is -1.35. The molecule has 0 spiro atoms. The molecule has 0 bridgehead atoms. The second kappa shape index (κ2) is 5.53. The Morgan fingerprint density at radius 1 is 1.33 bits per heavy atom. The quantitative estimate of drug-likeness (QED) is 0.887. The zero-order valence-corrected chi connectivity index (χ0v) is 11.4. The number of benzene rings is 1. The second-order valence-electron chi connectivity index (χ2n) is 5.34. The SMILES string of the molecule is CC(C)c1ccc(C(=O)N(C)[C@@H]2CCNC2)cc1. The maximum atomic E-state index is 12.3. The van der Waals surface area contributed by atoms with E-state index in [2.05, 4.69) is 31.3 Å². The molecule has 18 heavy (non-hydrogen) atoms. The highest BCUT2D eigenvalue weighted by Gasteiger charge is 2.23. The molecule has 0 aromatic heterocycles. The van der Waals surface area contributed by atoms with Crippen molar-refractivity contribution in [3.05, 3.63) is 35.4 Å². The lowest BCUT2D eigenvalue weighted by atomic mass is 10.0. The second-order valence-corrected chi connectivity index (χ2v) is 5.34. The molecular weight excluding hydrogens is 224 g/mol. The van der Waals surface area contributed by atoms with Gasteiger partial charge in [0.25, 0.3) is 5.91 Å². The molecular formula is C15H22N2O. The van der Waals surface area contributed by atoms with Crippen molar-refractivity contribution in [2.24, 2.45) is 0 Å². The van der Waals surface area contributed by atoms with Gasteiger partial charge >= 0.3 is 0 Å². The molecule has 1 heterocycles. The maximum Gasteiger partial charge on any atom is 0.253 e.